The molecule has 0 bridgehead atoms. The zero-order valence-corrected chi connectivity index (χ0v) is 11.6. The average Bonchev–Trinajstić information content (AvgIpc) is 2.68. The van der Waals surface area contributed by atoms with Crippen LogP contribution in [0.1, 0.15) is 62.4 Å². The Hall–Kier alpha value is -0.960. The Kier molecular flexibility index (Phi) is 3.21. The molecule has 2 rings (SSSR count). The molecule has 1 aliphatic rings. The number of aryl methyl sites for hydroxylation is 2. The first-order valence-electron chi connectivity index (χ1n) is 6.48. The first-order chi connectivity index (χ1) is 7.89. The summed E-state index contributed by atoms with van der Waals surface area (Å²) >= 11 is 0. The number of nitrogens with one attached hydrogen (secondary N) is 1. The van der Waals surface area contributed by atoms with Crippen molar-refractivity contribution in [3.8, 4) is 0 Å². The third kappa shape index (κ3) is 2.49. The van der Waals surface area contributed by atoms with Gasteiger partial charge in [0, 0.05) is 28.4 Å². The molecule has 0 amide bonds. The fourth-order valence-corrected chi connectivity index (χ4v) is 2.50. The highest BCUT2D eigenvalue weighted by Gasteiger charge is 2.24. The normalized spacial score (nSPS) is 20.9. The Labute approximate surface area is 104 Å². The molecule has 94 valence electrons. The van der Waals surface area contributed by atoms with Gasteiger partial charge < -0.3 is 5.32 Å². The van der Waals surface area contributed by atoms with Crippen LogP contribution < -0.4 is 5.32 Å². The average molecular weight is 233 g/mol. The van der Waals surface area contributed by atoms with Crippen molar-refractivity contribution in [1.29, 1.82) is 0 Å². The molecular formula is C14H23N3. The van der Waals surface area contributed by atoms with Crippen molar-refractivity contribution in [2.45, 2.75) is 58.9 Å². The fraction of sp³-hybridized carbons (Fsp3) is 0.714. The molecule has 1 aromatic rings. The van der Waals surface area contributed by atoms with Crippen LogP contribution in [0.25, 0.3) is 0 Å². The van der Waals surface area contributed by atoms with Crippen LogP contribution in [0.3, 0.4) is 0 Å². The van der Waals surface area contributed by atoms with Crippen molar-refractivity contribution in [3.05, 3.63) is 22.8 Å². The molecule has 1 fully saturated rings. The predicted octanol–water partition coefficient (Wildman–Crippen LogP) is 2.82. The van der Waals surface area contributed by atoms with E-state index in [1.165, 1.54) is 18.4 Å². The second kappa shape index (κ2) is 4.37. The predicted molar refractivity (Wildman–Crippen MR) is 70.2 cm³/mol. The van der Waals surface area contributed by atoms with Crippen LogP contribution in [0.2, 0.25) is 0 Å². The molecule has 0 spiro atoms. The van der Waals surface area contributed by atoms with E-state index < -0.39 is 0 Å². The quantitative estimate of drug-likeness (QED) is 0.810. The summed E-state index contributed by atoms with van der Waals surface area (Å²) in [4.78, 5) is 9.40. The molecule has 1 unspecified atom stereocenters. The van der Waals surface area contributed by atoms with Crippen molar-refractivity contribution < 1.29 is 0 Å². The smallest absolute Gasteiger partial charge is 0.134 e. The lowest BCUT2D eigenvalue weighted by Crippen LogP contribution is -2.22. The van der Waals surface area contributed by atoms with Gasteiger partial charge in [-0.25, -0.2) is 9.97 Å². The summed E-state index contributed by atoms with van der Waals surface area (Å²) in [6.45, 7) is 11.8. The molecule has 1 N–H and O–H groups in total. The summed E-state index contributed by atoms with van der Waals surface area (Å²) in [5.74, 6) is 0.953. The maximum atomic E-state index is 4.70. The molecule has 1 atom stereocenters. The van der Waals surface area contributed by atoms with E-state index in [4.69, 9.17) is 9.97 Å². The van der Waals surface area contributed by atoms with Crippen LogP contribution in [0, 0.1) is 13.8 Å². The Balaban J connectivity index is 2.42. The monoisotopic (exact) mass is 233 g/mol. The standard InChI is InChI=1S/C14H23N3/c1-9-12(11-7-6-8-15-11)10(2)17-13(16-9)14(3,4)5/h11,15H,6-8H2,1-5H3. The van der Waals surface area contributed by atoms with E-state index in [9.17, 15) is 0 Å². The summed E-state index contributed by atoms with van der Waals surface area (Å²) in [5, 5.41) is 3.53. The summed E-state index contributed by atoms with van der Waals surface area (Å²) < 4.78 is 0. The van der Waals surface area contributed by atoms with E-state index in [-0.39, 0.29) is 5.41 Å². The van der Waals surface area contributed by atoms with E-state index in [0.717, 1.165) is 23.8 Å². The second-order valence-electron chi connectivity index (χ2n) is 6.03. The Morgan fingerprint density at radius 3 is 2.12 bits per heavy atom. The van der Waals surface area contributed by atoms with Crippen molar-refractivity contribution in [2.75, 3.05) is 6.54 Å². The van der Waals surface area contributed by atoms with Crippen LogP contribution in [0.15, 0.2) is 0 Å². The van der Waals surface area contributed by atoms with Crippen molar-refractivity contribution >= 4 is 0 Å². The number of nitrogens with zero attached hydrogens (tertiary/aromatic N) is 2. The molecule has 0 aliphatic carbocycles. The Morgan fingerprint density at radius 2 is 1.71 bits per heavy atom. The minimum Gasteiger partial charge on any atom is -0.310 e. The summed E-state index contributed by atoms with van der Waals surface area (Å²) in [6.07, 6.45) is 2.46. The van der Waals surface area contributed by atoms with Gasteiger partial charge in [0.1, 0.15) is 5.82 Å². The third-order valence-electron chi connectivity index (χ3n) is 3.41. The fourth-order valence-electron chi connectivity index (χ4n) is 2.50. The van der Waals surface area contributed by atoms with Crippen LogP contribution in [0.5, 0.6) is 0 Å². The number of aromatic nitrogens is 2. The largest absolute Gasteiger partial charge is 0.310 e. The van der Waals surface area contributed by atoms with E-state index in [1.807, 2.05) is 0 Å². The molecular weight excluding hydrogens is 210 g/mol. The Morgan fingerprint density at radius 1 is 1.12 bits per heavy atom. The lowest BCUT2D eigenvalue weighted by atomic mass is 9.94. The van der Waals surface area contributed by atoms with E-state index in [1.54, 1.807) is 0 Å². The number of rotatable bonds is 1. The first kappa shape index (κ1) is 12.5. The molecule has 3 nitrogen and oxygen atoms in total. The van der Waals surface area contributed by atoms with E-state index in [2.05, 4.69) is 39.9 Å². The van der Waals surface area contributed by atoms with Gasteiger partial charge in [0.2, 0.25) is 0 Å². The summed E-state index contributed by atoms with van der Waals surface area (Å²) in [7, 11) is 0. The maximum Gasteiger partial charge on any atom is 0.134 e. The van der Waals surface area contributed by atoms with E-state index >= 15 is 0 Å². The minimum atomic E-state index is 0.0250. The highest BCUT2D eigenvalue weighted by atomic mass is 15.0. The SMILES string of the molecule is Cc1nc(C(C)(C)C)nc(C)c1C1CCCN1. The maximum absolute atomic E-state index is 4.70. The molecule has 1 aromatic heterocycles. The molecule has 1 saturated heterocycles. The van der Waals surface area contributed by atoms with Crippen molar-refractivity contribution in [2.24, 2.45) is 0 Å². The molecule has 1 aliphatic heterocycles. The van der Waals surface area contributed by atoms with Gasteiger partial charge in [-0.1, -0.05) is 20.8 Å². The van der Waals surface area contributed by atoms with Gasteiger partial charge in [-0.05, 0) is 33.2 Å². The lowest BCUT2D eigenvalue weighted by Gasteiger charge is -2.22. The van der Waals surface area contributed by atoms with Gasteiger partial charge in [-0.2, -0.15) is 0 Å². The zero-order chi connectivity index (χ0) is 12.6. The summed E-state index contributed by atoms with van der Waals surface area (Å²) in [5.41, 5.74) is 3.62. The molecule has 17 heavy (non-hydrogen) atoms. The van der Waals surface area contributed by atoms with Crippen LogP contribution in [-0.4, -0.2) is 16.5 Å². The topological polar surface area (TPSA) is 37.8 Å². The number of hydrogen-bond acceptors (Lipinski definition) is 3. The second-order valence-corrected chi connectivity index (χ2v) is 6.03. The van der Waals surface area contributed by atoms with Gasteiger partial charge >= 0.3 is 0 Å². The zero-order valence-electron chi connectivity index (χ0n) is 11.6. The van der Waals surface area contributed by atoms with Crippen molar-refractivity contribution in [1.82, 2.24) is 15.3 Å². The first-order valence-corrected chi connectivity index (χ1v) is 6.48. The number of hydrogen-bond donors (Lipinski definition) is 1. The van der Waals surface area contributed by atoms with E-state index in [0.29, 0.717) is 6.04 Å². The van der Waals surface area contributed by atoms with Crippen molar-refractivity contribution in [3.63, 3.8) is 0 Å². The third-order valence-corrected chi connectivity index (χ3v) is 3.41. The molecule has 0 saturated carbocycles. The van der Waals surface area contributed by atoms with Crippen LogP contribution >= 0.6 is 0 Å². The van der Waals surface area contributed by atoms with Gasteiger partial charge in [-0.3, -0.25) is 0 Å². The lowest BCUT2D eigenvalue weighted by molar-refractivity contribution is 0.532. The van der Waals surface area contributed by atoms with Crippen LogP contribution in [0.4, 0.5) is 0 Å². The summed E-state index contributed by atoms with van der Waals surface area (Å²) in [6, 6.07) is 0.462. The van der Waals surface area contributed by atoms with Gasteiger partial charge in [0.05, 0.1) is 0 Å². The molecule has 0 radical (unpaired) electrons. The highest BCUT2D eigenvalue weighted by Crippen LogP contribution is 2.29. The minimum absolute atomic E-state index is 0.0250. The van der Waals surface area contributed by atoms with Gasteiger partial charge in [0.15, 0.2) is 0 Å². The van der Waals surface area contributed by atoms with Gasteiger partial charge in [-0.15, -0.1) is 0 Å². The highest BCUT2D eigenvalue weighted by molar-refractivity contribution is 5.29. The molecule has 3 heteroatoms. The Bertz CT molecular complexity index is 389. The van der Waals surface area contributed by atoms with Gasteiger partial charge in [0.25, 0.3) is 0 Å². The molecule has 0 aromatic carbocycles. The van der Waals surface area contributed by atoms with Crippen LogP contribution in [-0.2, 0) is 5.41 Å². The molecule has 2 heterocycles.